The number of ether oxygens (including phenoxy) is 5. The Labute approximate surface area is 258 Å². The predicted octanol–water partition coefficient (Wildman–Crippen LogP) is 6.14. The second kappa shape index (κ2) is 12.1. The molecule has 1 fully saturated rings. The molecule has 1 aromatic heterocycles. The van der Waals surface area contributed by atoms with E-state index in [9.17, 15) is 14.7 Å². The molecule has 4 aromatic rings. The summed E-state index contributed by atoms with van der Waals surface area (Å²) in [4.78, 5) is 33.5. The lowest BCUT2D eigenvalue weighted by Gasteiger charge is -2.24. The smallest absolute Gasteiger partial charge is 0.301 e. The van der Waals surface area contributed by atoms with Gasteiger partial charge >= 0.3 is 5.91 Å². The van der Waals surface area contributed by atoms with Gasteiger partial charge in [0, 0.05) is 5.56 Å². The second-order valence-corrected chi connectivity index (χ2v) is 11.8. The van der Waals surface area contributed by atoms with Crippen molar-refractivity contribution in [1.82, 2.24) is 4.98 Å². The number of Topliss-reactive ketones (excluding diaryl/α,β-unsaturated/α-hetero) is 1. The number of benzene rings is 3. The van der Waals surface area contributed by atoms with Crippen LogP contribution in [-0.2, 0) is 9.59 Å². The minimum atomic E-state index is -1.01. The molecule has 1 N–H and O–H groups in total. The Hall–Kier alpha value is -4.77. The topological polar surface area (TPSA) is 117 Å². The number of thiazole rings is 1. The van der Waals surface area contributed by atoms with Crippen molar-refractivity contribution in [3.05, 3.63) is 71.3 Å². The number of carbonyl (C=O) groups excluding carboxylic acids is 2. The summed E-state index contributed by atoms with van der Waals surface area (Å²) in [6.07, 6.45) is 0.864. The molecule has 3 aromatic carbocycles. The minimum Gasteiger partial charge on any atom is -0.507 e. The van der Waals surface area contributed by atoms with Crippen LogP contribution in [-0.4, -0.2) is 55.8 Å². The van der Waals surface area contributed by atoms with Gasteiger partial charge < -0.3 is 28.8 Å². The fourth-order valence-electron chi connectivity index (χ4n) is 5.19. The average Bonchev–Trinajstić information content (AvgIpc) is 3.57. The summed E-state index contributed by atoms with van der Waals surface area (Å²) >= 11 is 1.25. The highest BCUT2D eigenvalue weighted by atomic mass is 32.1. The van der Waals surface area contributed by atoms with E-state index < -0.39 is 17.7 Å². The Morgan fingerprint density at radius 2 is 1.80 bits per heavy atom. The van der Waals surface area contributed by atoms with E-state index in [0.29, 0.717) is 76.3 Å². The van der Waals surface area contributed by atoms with Crippen molar-refractivity contribution in [3.63, 3.8) is 0 Å². The normalized spacial score (nSPS) is 17.4. The van der Waals surface area contributed by atoms with E-state index in [0.717, 1.165) is 11.1 Å². The SMILES string of the molecule is COc1ccc2nc(N3C(=O)C(=O)/C(=C(\O)c4ccc5c(c4)OCCO5)C3c3ccc(OCCC(C)C)c(OC)c3)sc2c1. The Bertz CT molecular complexity index is 1780. The molecule has 10 nitrogen and oxygen atoms in total. The number of hydrogen-bond acceptors (Lipinski definition) is 10. The number of rotatable bonds is 9. The zero-order valence-electron chi connectivity index (χ0n) is 24.8. The number of nitrogens with zero attached hydrogens (tertiary/aromatic N) is 2. The quantitative estimate of drug-likeness (QED) is 0.135. The molecule has 2 aliphatic heterocycles. The molecule has 1 atom stereocenters. The number of methoxy groups -OCH3 is 2. The van der Waals surface area contributed by atoms with Crippen molar-refractivity contribution in [2.45, 2.75) is 26.3 Å². The maximum absolute atomic E-state index is 13.8. The van der Waals surface area contributed by atoms with Crippen molar-refractivity contribution in [2.75, 3.05) is 38.9 Å². The second-order valence-electron chi connectivity index (χ2n) is 10.8. The zero-order chi connectivity index (χ0) is 31.0. The molecule has 11 heteroatoms. The fourth-order valence-corrected chi connectivity index (χ4v) is 6.21. The third-order valence-electron chi connectivity index (χ3n) is 7.51. The average molecular weight is 617 g/mol. The molecule has 1 saturated heterocycles. The number of ketones is 1. The van der Waals surface area contributed by atoms with Gasteiger partial charge in [-0.25, -0.2) is 4.98 Å². The summed E-state index contributed by atoms with van der Waals surface area (Å²) in [6, 6.07) is 14.5. The van der Waals surface area contributed by atoms with Gasteiger partial charge in [-0.3, -0.25) is 14.5 Å². The van der Waals surface area contributed by atoms with Crippen molar-refractivity contribution in [3.8, 4) is 28.7 Å². The first-order valence-corrected chi connectivity index (χ1v) is 15.1. The molecule has 1 unspecified atom stereocenters. The highest BCUT2D eigenvalue weighted by Gasteiger charge is 2.48. The van der Waals surface area contributed by atoms with Crippen LogP contribution >= 0.6 is 11.3 Å². The lowest BCUT2D eigenvalue weighted by molar-refractivity contribution is -0.132. The molecule has 1 amide bonds. The monoisotopic (exact) mass is 616 g/mol. The van der Waals surface area contributed by atoms with E-state index in [-0.39, 0.29) is 11.3 Å². The first-order valence-electron chi connectivity index (χ1n) is 14.3. The highest BCUT2D eigenvalue weighted by Crippen LogP contribution is 2.46. The molecule has 0 saturated carbocycles. The number of aromatic nitrogens is 1. The zero-order valence-corrected chi connectivity index (χ0v) is 25.6. The molecule has 2 aliphatic rings. The number of carbonyl (C=O) groups is 2. The van der Waals surface area contributed by atoms with Crippen molar-refractivity contribution >= 4 is 44.1 Å². The van der Waals surface area contributed by atoms with Gasteiger partial charge in [0.2, 0.25) is 0 Å². The summed E-state index contributed by atoms with van der Waals surface area (Å²) < 4.78 is 29.1. The number of aliphatic hydroxyl groups is 1. The van der Waals surface area contributed by atoms with Gasteiger partial charge in [0.25, 0.3) is 5.78 Å². The molecule has 0 bridgehead atoms. The van der Waals surface area contributed by atoms with Crippen LogP contribution < -0.4 is 28.6 Å². The van der Waals surface area contributed by atoms with E-state index in [1.165, 1.54) is 23.3 Å². The van der Waals surface area contributed by atoms with Crippen LogP contribution in [0.25, 0.3) is 16.0 Å². The highest BCUT2D eigenvalue weighted by molar-refractivity contribution is 7.22. The molecule has 228 valence electrons. The number of fused-ring (bicyclic) bond motifs is 2. The van der Waals surface area contributed by atoms with Gasteiger partial charge in [0.15, 0.2) is 28.1 Å². The summed E-state index contributed by atoms with van der Waals surface area (Å²) in [5, 5.41) is 12.0. The van der Waals surface area contributed by atoms with Crippen LogP contribution in [0.2, 0.25) is 0 Å². The lowest BCUT2D eigenvalue weighted by Crippen LogP contribution is -2.29. The van der Waals surface area contributed by atoms with Gasteiger partial charge in [-0.15, -0.1) is 0 Å². The van der Waals surface area contributed by atoms with E-state index >= 15 is 0 Å². The Morgan fingerprint density at radius 3 is 2.55 bits per heavy atom. The molecule has 0 radical (unpaired) electrons. The standard InChI is InChI=1S/C33H32N2O8S/c1-18(2)11-12-41-23-9-5-19(15-25(23)40-4)29-28(30(36)20-6-10-24-26(16-20)43-14-13-42-24)31(37)32(38)35(29)33-34-22-8-7-21(39-3)17-27(22)44-33/h5-10,15-18,29,36H,11-14H2,1-4H3/b30-28-. The van der Waals surface area contributed by atoms with Gasteiger partial charge in [-0.05, 0) is 66.4 Å². The summed E-state index contributed by atoms with van der Waals surface area (Å²) in [5.74, 6) is 1.07. The maximum Gasteiger partial charge on any atom is 0.301 e. The van der Waals surface area contributed by atoms with Gasteiger partial charge in [-0.2, -0.15) is 0 Å². The Morgan fingerprint density at radius 1 is 1.00 bits per heavy atom. The molecular formula is C33H32N2O8S. The Balaban J connectivity index is 1.49. The van der Waals surface area contributed by atoms with Crippen molar-refractivity contribution < 1.29 is 38.4 Å². The van der Waals surface area contributed by atoms with Crippen LogP contribution in [0.4, 0.5) is 5.13 Å². The fraction of sp³-hybridized carbons (Fsp3) is 0.303. The summed E-state index contributed by atoms with van der Waals surface area (Å²) in [5.41, 5.74) is 1.41. The van der Waals surface area contributed by atoms with Crippen LogP contribution in [0.3, 0.4) is 0 Å². The number of aliphatic hydroxyl groups excluding tert-OH is 1. The van der Waals surface area contributed by atoms with E-state index in [1.807, 2.05) is 6.07 Å². The van der Waals surface area contributed by atoms with Crippen LogP contribution in [0, 0.1) is 5.92 Å². The number of hydrogen-bond donors (Lipinski definition) is 1. The van der Waals surface area contributed by atoms with Gasteiger partial charge in [0.05, 0.1) is 42.7 Å². The summed E-state index contributed by atoms with van der Waals surface area (Å²) in [7, 11) is 3.10. The van der Waals surface area contributed by atoms with Crippen molar-refractivity contribution in [2.24, 2.45) is 5.92 Å². The van der Waals surface area contributed by atoms with Gasteiger partial charge in [0.1, 0.15) is 24.7 Å². The van der Waals surface area contributed by atoms with E-state index in [2.05, 4.69) is 13.8 Å². The molecule has 0 aliphatic carbocycles. The number of amides is 1. The van der Waals surface area contributed by atoms with E-state index in [4.69, 9.17) is 28.7 Å². The van der Waals surface area contributed by atoms with Gasteiger partial charge in [-0.1, -0.05) is 31.3 Å². The third-order valence-corrected chi connectivity index (χ3v) is 8.52. The molecule has 6 rings (SSSR count). The molecule has 0 spiro atoms. The van der Waals surface area contributed by atoms with Crippen LogP contribution in [0.1, 0.15) is 37.4 Å². The van der Waals surface area contributed by atoms with Crippen molar-refractivity contribution in [1.29, 1.82) is 0 Å². The Kier molecular flexibility index (Phi) is 8.05. The molecule has 44 heavy (non-hydrogen) atoms. The largest absolute Gasteiger partial charge is 0.507 e. The maximum atomic E-state index is 13.8. The molecule has 3 heterocycles. The van der Waals surface area contributed by atoms with Crippen LogP contribution in [0.15, 0.2) is 60.2 Å². The molecular weight excluding hydrogens is 584 g/mol. The lowest BCUT2D eigenvalue weighted by atomic mass is 9.95. The first kappa shape index (κ1) is 29.3. The van der Waals surface area contributed by atoms with Crippen LogP contribution in [0.5, 0.6) is 28.7 Å². The first-order chi connectivity index (χ1) is 21.3. The van der Waals surface area contributed by atoms with E-state index in [1.54, 1.807) is 55.6 Å². The predicted molar refractivity (Wildman–Crippen MR) is 166 cm³/mol. The minimum absolute atomic E-state index is 0.0842. The number of anilines is 1. The summed E-state index contributed by atoms with van der Waals surface area (Å²) in [6.45, 7) is 5.51. The third kappa shape index (κ3) is 5.39.